The molecule has 1 atom stereocenters. The van der Waals surface area contributed by atoms with Crippen molar-refractivity contribution in [3.63, 3.8) is 0 Å². The lowest BCUT2D eigenvalue weighted by Gasteiger charge is -2.18. The molecule has 0 aliphatic heterocycles. The van der Waals surface area contributed by atoms with Crippen LogP contribution in [0.15, 0.2) is 42.5 Å². The second-order valence-corrected chi connectivity index (χ2v) is 5.56. The first-order chi connectivity index (χ1) is 10.4. The number of hydrogen-bond donors (Lipinski definition) is 0. The molecule has 0 spiro atoms. The molecule has 2 rings (SSSR count). The summed E-state index contributed by atoms with van der Waals surface area (Å²) in [5.74, 6) is -1.44. The summed E-state index contributed by atoms with van der Waals surface area (Å²) in [6.45, 7) is 7.79. The van der Waals surface area contributed by atoms with E-state index in [4.69, 9.17) is 4.74 Å². The first-order valence-corrected chi connectivity index (χ1v) is 7.28. The van der Waals surface area contributed by atoms with Gasteiger partial charge in [-0.2, -0.15) is 0 Å². The normalized spacial score (nSPS) is 11.8. The Morgan fingerprint density at radius 1 is 0.955 bits per heavy atom. The fraction of sp³-hybridized carbons (Fsp3) is 0.263. The minimum atomic E-state index is -0.821. The lowest BCUT2D eigenvalue weighted by atomic mass is 9.96. The van der Waals surface area contributed by atoms with Crippen molar-refractivity contribution in [3.05, 3.63) is 70.3 Å². The average Bonchev–Trinajstić information content (AvgIpc) is 2.46. The number of carbonyl (C=O) groups excluding carboxylic acids is 2. The van der Waals surface area contributed by atoms with Crippen LogP contribution in [-0.2, 0) is 9.53 Å². The molecule has 0 unspecified atom stereocenters. The minimum absolute atomic E-state index is 0.344. The zero-order valence-electron chi connectivity index (χ0n) is 13.3. The predicted octanol–water partition coefficient (Wildman–Crippen LogP) is 4.10. The van der Waals surface area contributed by atoms with Gasteiger partial charge in [0.05, 0.1) is 0 Å². The summed E-state index contributed by atoms with van der Waals surface area (Å²) in [4.78, 5) is 24.1. The standard InChI is InChI=1S/C19H20O3/c1-12-10-13(2)17(14(3)11-12)15(4)22-19(21)18(20)16-8-6-5-7-9-16/h5-11,15H,1-4H3/t15-/m1/s1. The van der Waals surface area contributed by atoms with E-state index in [-0.39, 0.29) is 0 Å². The highest BCUT2D eigenvalue weighted by atomic mass is 16.5. The number of rotatable bonds is 4. The molecule has 3 heteroatoms. The lowest BCUT2D eigenvalue weighted by molar-refractivity contribution is -0.142. The molecule has 3 nitrogen and oxygen atoms in total. The van der Waals surface area contributed by atoms with Crippen LogP contribution in [0.5, 0.6) is 0 Å². The lowest BCUT2D eigenvalue weighted by Crippen LogP contribution is -2.20. The highest BCUT2D eigenvalue weighted by molar-refractivity contribution is 6.40. The van der Waals surface area contributed by atoms with Crippen LogP contribution >= 0.6 is 0 Å². The van der Waals surface area contributed by atoms with Gasteiger partial charge in [-0.25, -0.2) is 4.79 Å². The average molecular weight is 296 g/mol. The molecule has 114 valence electrons. The van der Waals surface area contributed by atoms with Gasteiger partial charge in [-0.3, -0.25) is 4.79 Å². The van der Waals surface area contributed by atoms with Gasteiger partial charge in [-0.15, -0.1) is 0 Å². The van der Waals surface area contributed by atoms with Gasteiger partial charge >= 0.3 is 5.97 Å². The molecule has 0 saturated carbocycles. The number of ether oxygens (including phenoxy) is 1. The molecule has 0 aliphatic rings. The molecular weight excluding hydrogens is 276 g/mol. The highest BCUT2D eigenvalue weighted by Crippen LogP contribution is 2.26. The van der Waals surface area contributed by atoms with Gasteiger partial charge in [0.2, 0.25) is 0 Å². The Bertz CT molecular complexity index is 679. The fourth-order valence-corrected chi connectivity index (χ4v) is 2.81. The molecule has 2 aromatic carbocycles. The topological polar surface area (TPSA) is 43.4 Å². The van der Waals surface area contributed by atoms with Crippen molar-refractivity contribution in [2.24, 2.45) is 0 Å². The highest BCUT2D eigenvalue weighted by Gasteiger charge is 2.22. The van der Waals surface area contributed by atoms with Crippen molar-refractivity contribution in [2.45, 2.75) is 33.8 Å². The third-order valence-corrected chi connectivity index (χ3v) is 3.65. The van der Waals surface area contributed by atoms with Crippen LogP contribution in [0.25, 0.3) is 0 Å². The number of Topliss-reactive ketones (excluding diaryl/α,β-unsaturated/α-hetero) is 1. The van der Waals surface area contributed by atoms with Crippen molar-refractivity contribution in [1.82, 2.24) is 0 Å². The van der Waals surface area contributed by atoms with Gasteiger partial charge in [-0.05, 0) is 44.4 Å². The summed E-state index contributed by atoms with van der Waals surface area (Å²) in [5.41, 5.74) is 4.59. The minimum Gasteiger partial charge on any atom is -0.452 e. The number of esters is 1. The second-order valence-electron chi connectivity index (χ2n) is 5.56. The molecule has 0 N–H and O–H groups in total. The van der Waals surface area contributed by atoms with Gasteiger partial charge in [0.15, 0.2) is 0 Å². The third kappa shape index (κ3) is 3.42. The van der Waals surface area contributed by atoms with Crippen molar-refractivity contribution >= 4 is 11.8 Å². The summed E-state index contributed by atoms with van der Waals surface area (Å²) in [5, 5.41) is 0. The first-order valence-electron chi connectivity index (χ1n) is 7.28. The molecular formula is C19H20O3. The number of ketones is 1. The van der Waals surface area contributed by atoms with E-state index in [2.05, 4.69) is 0 Å². The molecule has 0 amide bonds. The summed E-state index contributed by atoms with van der Waals surface area (Å²) < 4.78 is 5.37. The van der Waals surface area contributed by atoms with Crippen LogP contribution in [0.1, 0.15) is 45.6 Å². The zero-order chi connectivity index (χ0) is 16.3. The zero-order valence-corrected chi connectivity index (χ0v) is 13.3. The van der Waals surface area contributed by atoms with E-state index in [1.54, 1.807) is 37.3 Å². The molecule has 0 saturated heterocycles. The first kappa shape index (κ1) is 16.0. The van der Waals surface area contributed by atoms with Crippen LogP contribution in [-0.4, -0.2) is 11.8 Å². The van der Waals surface area contributed by atoms with Crippen molar-refractivity contribution in [3.8, 4) is 0 Å². The largest absolute Gasteiger partial charge is 0.452 e. The van der Waals surface area contributed by atoms with Gasteiger partial charge in [0.25, 0.3) is 5.78 Å². The molecule has 0 bridgehead atoms. The Labute approximate surface area is 130 Å². The van der Waals surface area contributed by atoms with E-state index in [0.29, 0.717) is 5.56 Å². The van der Waals surface area contributed by atoms with Crippen molar-refractivity contribution in [2.75, 3.05) is 0 Å². The second kappa shape index (κ2) is 6.56. The molecule has 0 radical (unpaired) electrons. The Morgan fingerprint density at radius 3 is 2.05 bits per heavy atom. The van der Waals surface area contributed by atoms with Gasteiger partial charge in [0.1, 0.15) is 6.10 Å². The maximum absolute atomic E-state index is 12.1. The molecule has 2 aromatic rings. The fourth-order valence-electron chi connectivity index (χ4n) is 2.81. The monoisotopic (exact) mass is 296 g/mol. The van der Waals surface area contributed by atoms with Crippen molar-refractivity contribution in [1.29, 1.82) is 0 Å². The Morgan fingerprint density at radius 2 is 1.50 bits per heavy atom. The molecule has 22 heavy (non-hydrogen) atoms. The van der Waals surface area contributed by atoms with Crippen molar-refractivity contribution < 1.29 is 14.3 Å². The summed E-state index contributed by atoms with van der Waals surface area (Å²) in [6, 6.07) is 12.5. The summed E-state index contributed by atoms with van der Waals surface area (Å²) in [6.07, 6.45) is -0.458. The number of aryl methyl sites for hydroxylation is 3. The number of carbonyl (C=O) groups is 2. The quantitative estimate of drug-likeness (QED) is 0.484. The van der Waals surface area contributed by atoms with Gasteiger partial charge < -0.3 is 4.74 Å². The molecule has 0 aromatic heterocycles. The molecule has 0 fully saturated rings. The Hall–Kier alpha value is -2.42. The smallest absolute Gasteiger partial charge is 0.380 e. The molecule has 0 aliphatic carbocycles. The van der Waals surface area contributed by atoms with E-state index < -0.39 is 17.9 Å². The Kier molecular flexibility index (Phi) is 4.76. The van der Waals surface area contributed by atoms with E-state index >= 15 is 0 Å². The maximum atomic E-state index is 12.1. The van der Waals surface area contributed by atoms with E-state index in [0.717, 1.165) is 22.3 Å². The third-order valence-electron chi connectivity index (χ3n) is 3.65. The molecule has 0 heterocycles. The summed E-state index contributed by atoms with van der Waals surface area (Å²) >= 11 is 0. The van der Waals surface area contributed by atoms with E-state index in [1.165, 1.54) is 0 Å². The SMILES string of the molecule is Cc1cc(C)c([C@@H](C)OC(=O)C(=O)c2ccccc2)c(C)c1. The van der Waals surface area contributed by atoms with Crippen LogP contribution in [0.4, 0.5) is 0 Å². The van der Waals surface area contributed by atoms with Crippen LogP contribution in [0.3, 0.4) is 0 Å². The predicted molar refractivity (Wildman–Crippen MR) is 85.9 cm³/mol. The number of benzene rings is 2. The van der Waals surface area contributed by atoms with E-state index in [9.17, 15) is 9.59 Å². The van der Waals surface area contributed by atoms with Crippen LogP contribution < -0.4 is 0 Å². The summed E-state index contributed by atoms with van der Waals surface area (Å²) in [7, 11) is 0. The van der Waals surface area contributed by atoms with Gasteiger partial charge in [0, 0.05) is 5.56 Å². The Balaban J connectivity index is 2.17. The van der Waals surface area contributed by atoms with E-state index in [1.807, 2.05) is 32.9 Å². The van der Waals surface area contributed by atoms with Crippen LogP contribution in [0.2, 0.25) is 0 Å². The maximum Gasteiger partial charge on any atom is 0.380 e. The van der Waals surface area contributed by atoms with Crippen LogP contribution in [0, 0.1) is 20.8 Å². The van der Waals surface area contributed by atoms with Gasteiger partial charge in [-0.1, -0.05) is 48.0 Å². The number of hydrogen-bond acceptors (Lipinski definition) is 3.